The van der Waals surface area contributed by atoms with Crippen molar-refractivity contribution in [2.75, 3.05) is 0 Å². The number of nitrogens with zero attached hydrogens (tertiary/aromatic N) is 1. The van der Waals surface area contributed by atoms with Gasteiger partial charge >= 0.3 is 0 Å². The summed E-state index contributed by atoms with van der Waals surface area (Å²) < 4.78 is 12.8. The van der Waals surface area contributed by atoms with Crippen molar-refractivity contribution in [2.24, 2.45) is 5.10 Å². The van der Waals surface area contributed by atoms with Crippen LogP contribution < -0.4 is 5.43 Å². The number of nitrogens with one attached hydrogen (secondary N) is 1. The first-order valence-corrected chi connectivity index (χ1v) is 6.41. The molecule has 21 heavy (non-hydrogen) atoms. The van der Waals surface area contributed by atoms with Crippen molar-refractivity contribution in [3.63, 3.8) is 0 Å². The van der Waals surface area contributed by atoms with Crippen LogP contribution in [-0.2, 0) is 11.2 Å². The molecule has 0 atom stereocenters. The van der Waals surface area contributed by atoms with Crippen molar-refractivity contribution in [2.45, 2.75) is 13.3 Å². The fraction of sp³-hybridized carbons (Fsp3) is 0.125. The molecule has 0 aliphatic rings. The Kier molecular flexibility index (Phi) is 4.66. The first-order valence-electron chi connectivity index (χ1n) is 6.41. The highest BCUT2D eigenvalue weighted by Gasteiger charge is 2.03. The third kappa shape index (κ3) is 4.42. The van der Waals surface area contributed by atoms with E-state index < -0.39 is 0 Å². The van der Waals surface area contributed by atoms with Gasteiger partial charge in [0, 0.05) is 0 Å². The molecule has 0 heterocycles. The van der Waals surface area contributed by atoms with Crippen LogP contribution in [0.25, 0.3) is 0 Å². The number of amides is 1. The largest absolute Gasteiger partial charge is 0.508 e. The van der Waals surface area contributed by atoms with E-state index in [-0.39, 0.29) is 23.9 Å². The van der Waals surface area contributed by atoms with E-state index in [9.17, 15) is 14.3 Å². The summed E-state index contributed by atoms with van der Waals surface area (Å²) in [6.07, 6.45) is 0.132. The molecular formula is C16H15FN2O2. The van der Waals surface area contributed by atoms with Crippen LogP contribution in [0.3, 0.4) is 0 Å². The molecule has 2 aromatic rings. The molecule has 0 bridgehead atoms. The predicted octanol–water partition coefficient (Wildman–Crippen LogP) is 2.61. The molecule has 0 fully saturated rings. The molecule has 0 saturated carbocycles. The quantitative estimate of drug-likeness (QED) is 0.670. The van der Waals surface area contributed by atoms with Crippen LogP contribution in [0.15, 0.2) is 53.6 Å². The van der Waals surface area contributed by atoms with Gasteiger partial charge in [0.2, 0.25) is 5.91 Å². The van der Waals surface area contributed by atoms with Gasteiger partial charge in [-0.15, -0.1) is 0 Å². The third-order valence-electron chi connectivity index (χ3n) is 2.91. The molecule has 108 valence electrons. The molecular weight excluding hydrogens is 271 g/mol. The maximum Gasteiger partial charge on any atom is 0.244 e. The van der Waals surface area contributed by atoms with Gasteiger partial charge in [0.1, 0.15) is 11.6 Å². The summed E-state index contributed by atoms with van der Waals surface area (Å²) in [5.74, 6) is -0.438. The molecule has 0 aliphatic heterocycles. The first kappa shape index (κ1) is 14.7. The third-order valence-corrected chi connectivity index (χ3v) is 2.91. The van der Waals surface area contributed by atoms with Crippen molar-refractivity contribution < 1.29 is 14.3 Å². The zero-order valence-corrected chi connectivity index (χ0v) is 11.5. The van der Waals surface area contributed by atoms with E-state index in [1.54, 1.807) is 43.3 Å². The van der Waals surface area contributed by atoms with Crippen molar-refractivity contribution in [3.8, 4) is 5.75 Å². The van der Waals surface area contributed by atoms with Crippen LogP contribution in [0.5, 0.6) is 5.75 Å². The number of aromatic hydroxyl groups is 1. The van der Waals surface area contributed by atoms with Crippen LogP contribution in [0, 0.1) is 5.82 Å². The summed E-state index contributed by atoms with van der Waals surface area (Å²) in [4.78, 5) is 11.7. The van der Waals surface area contributed by atoms with Crippen LogP contribution in [-0.4, -0.2) is 16.7 Å². The molecule has 0 unspecified atom stereocenters. The molecule has 2 rings (SSSR count). The van der Waals surface area contributed by atoms with Crippen LogP contribution in [0.4, 0.5) is 4.39 Å². The Morgan fingerprint density at radius 3 is 2.38 bits per heavy atom. The van der Waals surface area contributed by atoms with E-state index in [0.29, 0.717) is 11.3 Å². The van der Waals surface area contributed by atoms with Crippen molar-refractivity contribution in [1.82, 2.24) is 5.43 Å². The number of hydrogen-bond acceptors (Lipinski definition) is 3. The normalized spacial score (nSPS) is 11.2. The van der Waals surface area contributed by atoms with E-state index in [1.807, 2.05) is 0 Å². The summed E-state index contributed by atoms with van der Waals surface area (Å²) in [5, 5.41) is 13.2. The van der Waals surface area contributed by atoms with E-state index in [2.05, 4.69) is 10.5 Å². The molecule has 1 amide bonds. The Morgan fingerprint density at radius 2 is 1.76 bits per heavy atom. The Morgan fingerprint density at radius 1 is 1.14 bits per heavy atom. The number of hydrazone groups is 1. The lowest BCUT2D eigenvalue weighted by Gasteiger charge is -2.03. The van der Waals surface area contributed by atoms with Crippen LogP contribution in [0.2, 0.25) is 0 Å². The van der Waals surface area contributed by atoms with Crippen molar-refractivity contribution in [1.29, 1.82) is 0 Å². The highest BCUT2D eigenvalue weighted by atomic mass is 19.1. The Labute approximate surface area is 121 Å². The second kappa shape index (κ2) is 6.65. The van der Waals surface area contributed by atoms with Crippen molar-refractivity contribution >= 4 is 11.6 Å². The van der Waals surface area contributed by atoms with Gasteiger partial charge in [-0.2, -0.15) is 5.10 Å². The fourth-order valence-electron chi connectivity index (χ4n) is 1.74. The topological polar surface area (TPSA) is 61.7 Å². The van der Waals surface area contributed by atoms with Crippen LogP contribution in [0.1, 0.15) is 18.1 Å². The van der Waals surface area contributed by atoms with Gasteiger partial charge in [-0.3, -0.25) is 4.79 Å². The Bertz CT molecular complexity index is 649. The molecule has 0 radical (unpaired) electrons. The zero-order chi connectivity index (χ0) is 15.2. The van der Waals surface area contributed by atoms with Gasteiger partial charge in [-0.05, 0) is 54.4 Å². The molecule has 5 heteroatoms. The summed E-state index contributed by atoms with van der Waals surface area (Å²) in [7, 11) is 0. The smallest absolute Gasteiger partial charge is 0.244 e. The minimum absolute atomic E-state index is 0.132. The number of carbonyl (C=O) groups is 1. The highest BCUT2D eigenvalue weighted by Crippen LogP contribution is 2.10. The monoisotopic (exact) mass is 286 g/mol. The van der Waals surface area contributed by atoms with E-state index in [4.69, 9.17) is 0 Å². The average Bonchev–Trinajstić information content (AvgIpc) is 2.48. The van der Waals surface area contributed by atoms with Gasteiger partial charge in [0.15, 0.2) is 0 Å². The lowest BCUT2D eigenvalue weighted by Crippen LogP contribution is -2.21. The number of phenolic OH excluding ortho intramolecular Hbond substituents is 1. The second-order valence-corrected chi connectivity index (χ2v) is 4.58. The first-order chi connectivity index (χ1) is 10.0. The number of rotatable bonds is 4. The molecule has 0 saturated heterocycles. The van der Waals surface area contributed by atoms with E-state index in [1.165, 1.54) is 12.1 Å². The predicted molar refractivity (Wildman–Crippen MR) is 78.6 cm³/mol. The molecule has 2 N–H and O–H groups in total. The minimum atomic E-state index is -0.333. The lowest BCUT2D eigenvalue weighted by molar-refractivity contribution is -0.120. The fourth-order valence-corrected chi connectivity index (χ4v) is 1.74. The molecule has 4 nitrogen and oxygen atoms in total. The molecule has 0 aromatic heterocycles. The summed E-state index contributed by atoms with van der Waals surface area (Å²) >= 11 is 0. The molecule has 0 spiro atoms. The number of benzene rings is 2. The standard InChI is InChI=1S/C16H15FN2O2/c1-11(13-4-8-15(20)9-5-13)18-19-16(21)10-12-2-6-14(17)7-3-12/h2-9,20H,10H2,1H3,(H,19,21)/b18-11+. The van der Waals surface area contributed by atoms with Gasteiger partial charge in [0.25, 0.3) is 0 Å². The van der Waals surface area contributed by atoms with Crippen molar-refractivity contribution in [3.05, 3.63) is 65.5 Å². The molecule has 0 aliphatic carbocycles. The zero-order valence-electron chi connectivity index (χ0n) is 11.5. The number of hydrogen-bond donors (Lipinski definition) is 2. The Hall–Kier alpha value is -2.69. The SMILES string of the molecule is C/C(=N\NC(=O)Cc1ccc(F)cc1)c1ccc(O)cc1. The maximum absolute atomic E-state index is 12.8. The summed E-state index contributed by atoms with van der Waals surface area (Å²) in [5.41, 5.74) is 4.59. The van der Waals surface area contributed by atoms with Gasteiger partial charge in [-0.1, -0.05) is 12.1 Å². The number of phenols is 1. The average molecular weight is 286 g/mol. The summed E-state index contributed by atoms with van der Waals surface area (Å²) in [6, 6.07) is 12.3. The summed E-state index contributed by atoms with van der Waals surface area (Å²) in [6.45, 7) is 1.75. The number of halogens is 1. The van der Waals surface area contributed by atoms with Gasteiger partial charge in [-0.25, -0.2) is 9.82 Å². The minimum Gasteiger partial charge on any atom is -0.508 e. The van der Waals surface area contributed by atoms with Gasteiger partial charge in [0.05, 0.1) is 12.1 Å². The van der Waals surface area contributed by atoms with E-state index in [0.717, 1.165) is 5.56 Å². The highest BCUT2D eigenvalue weighted by molar-refractivity contribution is 5.99. The van der Waals surface area contributed by atoms with E-state index >= 15 is 0 Å². The second-order valence-electron chi connectivity index (χ2n) is 4.58. The Balaban J connectivity index is 1.94. The lowest BCUT2D eigenvalue weighted by atomic mass is 10.1. The van der Waals surface area contributed by atoms with Gasteiger partial charge < -0.3 is 5.11 Å². The number of carbonyl (C=O) groups excluding carboxylic acids is 1. The maximum atomic E-state index is 12.8. The molecule has 2 aromatic carbocycles. The van der Waals surface area contributed by atoms with Crippen LogP contribution >= 0.6 is 0 Å².